The second-order valence-electron chi connectivity index (χ2n) is 4.20. The van der Waals surface area contributed by atoms with Crippen molar-refractivity contribution in [2.45, 2.75) is 13.8 Å². The van der Waals surface area contributed by atoms with Gasteiger partial charge in [-0.3, -0.25) is 9.78 Å². The lowest BCUT2D eigenvalue weighted by Crippen LogP contribution is -1.96. The molecule has 92 valence electrons. The SMILES string of the molecule is COc1cncc(-c2ccc(C(C)=O)c(C)c2)c1. The lowest BCUT2D eigenvalue weighted by Gasteiger charge is -2.07. The van der Waals surface area contributed by atoms with E-state index in [1.807, 2.05) is 31.2 Å². The molecule has 2 rings (SSSR count). The largest absolute Gasteiger partial charge is 0.495 e. The smallest absolute Gasteiger partial charge is 0.160 e. The average molecular weight is 241 g/mol. The summed E-state index contributed by atoms with van der Waals surface area (Å²) in [4.78, 5) is 15.5. The molecule has 1 aromatic carbocycles. The van der Waals surface area contributed by atoms with Crippen LogP contribution in [0.15, 0.2) is 36.7 Å². The molecule has 0 spiro atoms. The van der Waals surface area contributed by atoms with Crippen molar-refractivity contribution >= 4 is 5.78 Å². The maximum Gasteiger partial charge on any atom is 0.160 e. The molecule has 18 heavy (non-hydrogen) atoms. The number of ketones is 1. The summed E-state index contributed by atoms with van der Waals surface area (Å²) in [5.74, 6) is 0.809. The molecule has 1 aromatic heterocycles. The average Bonchev–Trinajstić information content (AvgIpc) is 2.38. The number of carbonyl (C=O) groups is 1. The molecule has 3 nitrogen and oxygen atoms in total. The van der Waals surface area contributed by atoms with Gasteiger partial charge >= 0.3 is 0 Å². The zero-order chi connectivity index (χ0) is 13.1. The number of rotatable bonds is 3. The van der Waals surface area contributed by atoms with Gasteiger partial charge in [0.15, 0.2) is 5.78 Å². The van der Waals surface area contributed by atoms with Crippen LogP contribution >= 0.6 is 0 Å². The first-order valence-electron chi connectivity index (χ1n) is 5.73. The molecular formula is C15H15NO2. The number of aromatic nitrogens is 1. The van der Waals surface area contributed by atoms with Crippen molar-refractivity contribution in [3.05, 3.63) is 47.8 Å². The maximum atomic E-state index is 11.4. The summed E-state index contributed by atoms with van der Waals surface area (Å²) in [6, 6.07) is 7.70. The molecule has 3 heteroatoms. The Bertz CT molecular complexity index is 591. The summed E-state index contributed by atoms with van der Waals surface area (Å²) in [7, 11) is 1.62. The lowest BCUT2D eigenvalue weighted by molar-refractivity contribution is 0.101. The Balaban J connectivity index is 2.45. The lowest BCUT2D eigenvalue weighted by atomic mass is 9.99. The van der Waals surface area contributed by atoms with E-state index in [-0.39, 0.29) is 5.78 Å². The highest BCUT2D eigenvalue weighted by Crippen LogP contribution is 2.24. The van der Waals surface area contributed by atoms with Gasteiger partial charge in [0.1, 0.15) is 5.75 Å². The van der Waals surface area contributed by atoms with Gasteiger partial charge in [0, 0.05) is 17.3 Å². The van der Waals surface area contributed by atoms with Crippen LogP contribution in [0.5, 0.6) is 5.75 Å². The van der Waals surface area contributed by atoms with Crippen molar-refractivity contribution < 1.29 is 9.53 Å². The van der Waals surface area contributed by atoms with Crippen molar-refractivity contribution in [3.63, 3.8) is 0 Å². The van der Waals surface area contributed by atoms with E-state index in [1.165, 1.54) is 0 Å². The predicted molar refractivity (Wildman–Crippen MR) is 71.0 cm³/mol. The van der Waals surface area contributed by atoms with Gasteiger partial charge in [-0.2, -0.15) is 0 Å². The van der Waals surface area contributed by atoms with Crippen LogP contribution in [0.4, 0.5) is 0 Å². The van der Waals surface area contributed by atoms with Gasteiger partial charge in [-0.25, -0.2) is 0 Å². The van der Waals surface area contributed by atoms with Crippen LogP contribution in [0.3, 0.4) is 0 Å². The summed E-state index contributed by atoms with van der Waals surface area (Å²) in [5, 5.41) is 0. The maximum absolute atomic E-state index is 11.4. The number of methoxy groups -OCH3 is 1. The van der Waals surface area contributed by atoms with E-state index in [0.717, 1.165) is 28.0 Å². The highest BCUT2D eigenvalue weighted by atomic mass is 16.5. The van der Waals surface area contributed by atoms with Gasteiger partial charge in [-0.05, 0) is 31.0 Å². The van der Waals surface area contributed by atoms with Crippen LogP contribution in [0.1, 0.15) is 22.8 Å². The summed E-state index contributed by atoms with van der Waals surface area (Å²) < 4.78 is 5.15. The summed E-state index contributed by atoms with van der Waals surface area (Å²) in [6.07, 6.45) is 3.45. The Morgan fingerprint density at radius 2 is 1.94 bits per heavy atom. The number of carbonyl (C=O) groups excluding carboxylic acids is 1. The molecule has 1 heterocycles. The number of pyridine rings is 1. The zero-order valence-electron chi connectivity index (χ0n) is 10.7. The molecule has 2 aromatic rings. The van der Waals surface area contributed by atoms with Crippen LogP contribution in [-0.4, -0.2) is 17.9 Å². The summed E-state index contributed by atoms with van der Waals surface area (Å²) in [5.41, 5.74) is 3.74. The van der Waals surface area contributed by atoms with E-state index in [2.05, 4.69) is 4.98 Å². The van der Waals surface area contributed by atoms with Crippen molar-refractivity contribution in [2.24, 2.45) is 0 Å². The van der Waals surface area contributed by atoms with Crippen LogP contribution in [0.25, 0.3) is 11.1 Å². The van der Waals surface area contributed by atoms with Crippen molar-refractivity contribution in [3.8, 4) is 16.9 Å². The zero-order valence-corrected chi connectivity index (χ0v) is 10.7. The topological polar surface area (TPSA) is 39.2 Å². The van der Waals surface area contributed by atoms with Crippen LogP contribution in [-0.2, 0) is 0 Å². The van der Waals surface area contributed by atoms with Gasteiger partial charge in [0.05, 0.1) is 13.3 Å². The highest BCUT2D eigenvalue weighted by Gasteiger charge is 2.06. The minimum Gasteiger partial charge on any atom is -0.495 e. The summed E-state index contributed by atoms with van der Waals surface area (Å²) in [6.45, 7) is 3.52. The van der Waals surface area contributed by atoms with Crippen molar-refractivity contribution in [1.29, 1.82) is 0 Å². The normalized spacial score (nSPS) is 10.2. The number of ether oxygens (including phenoxy) is 1. The first kappa shape index (κ1) is 12.3. The van der Waals surface area contributed by atoms with Crippen LogP contribution in [0.2, 0.25) is 0 Å². The highest BCUT2D eigenvalue weighted by molar-refractivity contribution is 5.96. The third kappa shape index (κ3) is 2.40. The Hall–Kier alpha value is -2.16. The van der Waals surface area contributed by atoms with Gasteiger partial charge in [-0.15, -0.1) is 0 Å². The van der Waals surface area contributed by atoms with Gasteiger partial charge in [0.2, 0.25) is 0 Å². The van der Waals surface area contributed by atoms with E-state index in [9.17, 15) is 4.79 Å². The van der Waals surface area contributed by atoms with E-state index < -0.39 is 0 Å². The monoisotopic (exact) mass is 241 g/mol. The van der Waals surface area contributed by atoms with Gasteiger partial charge in [-0.1, -0.05) is 18.2 Å². The Kier molecular flexibility index (Phi) is 3.42. The number of nitrogens with zero attached hydrogens (tertiary/aromatic N) is 1. The molecular weight excluding hydrogens is 226 g/mol. The van der Waals surface area contributed by atoms with E-state index in [1.54, 1.807) is 26.4 Å². The Labute approximate surface area is 106 Å². The van der Waals surface area contributed by atoms with Crippen LogP contribution < -0.4 is 4.74 Å². The number of hydrogen-bond acceptors (Lipinski definition) is 3. The van der Waals surface area contributed by atoms with E-state index >= 15 is 0 Å². The van der Waals surface area contributed by atoms with Gasteiger partial charge in [0.25, 0.3) is 0 Å². The quantitative estimate of drug-likeness (QED) is 0.774. The molecule has 0 saturated carbocycles. The number of Topliss-reactive ketones (excluding diaryl/α,β-unsaturated/α-hetero) is 1. The first-order chi connectivity index (χ1) is 8.61. The Morgan fingerprint density at radius 3 is 2.56 bits per heavy atom. The van der Waals surface area contributed by atoms with Crippen molar-refractivity contribution in [2.75, 3.05) is 7.11 Å². The molecule has 0 fully saturated rings. The number of hydrogen-bond donors (Lipinski definition) is 0. The Morgan fingerprint density at radius 1 is 1.17 bits per heavy atom. The van der Waals surface area contributed by atoms with Crippen molar-refractivity contribution in [1.82, 2.24) is 4.98 Å². The molecule has 0 aliphatic carbocycles. The molecule has 0 aliphatic rings. The first-order valence-corrected chi connectivity index (χ1v) is 5.73. The second-order valence-corrected chi connectivity index (χ2v) is 4.20. The fraction of sp³-hybridized carbons (Fsp3) is 0.200. The van der Waals surface area contributed by atoms with E-state index in [4.69, 9.17) is 4.74 Å². The molecule has 0 atom stereocenters. The molecule has 0 saturated heterocycles. The fourth-order valence-electron chi connectivity index (χ4n) is 1.93. The molecule has 0 bridgehead atoms. The van der Waals surface area contributed by atoms with Gasteiger partial charge < -0.3 is 4.74 Å². The predicted octanol–water partition coefficient (Wildman–Crippen LogP) is 3.27. The molecule has 0 N–H and O–H groups in total. The minimum atomic E-state index is 0.0859. The second kappa shape index (κ2) is 5.00. The fourth-order valence-corrected chi connectivity index (χ4v) is 1.93. The third-order valence-electron chi connectivity index (χ3n) is 2.89. The molecule has 0 radical (unpaired) electrons. The minimum absolute atomic E-state index is 0.0859. The van der Waals surface area contributed by atoms with Crippen LogP contribution in [0, 0.1) is 6.92 Å². The molecule has 0 amide bonds. The van der Waals surface area contributed by atoms with E-state index in [0.29, 0.717) is 0 Å². The summed E-state index contributed by atoms with van der Waals surface area (Å²) >= 11 is 0. The number of benzene rings is 1. The number of aryl methyl sites for hydroxylation is 1. The third-order valence-corrected chi connectivity index (χ3v) is 2.89. The molecule has 0 unspecified atom stereocenters. The standard InChI is InChI=1S/C15H15NO2/c1-10-6-12(4-5-15(10)11(2)17)13-7-14(18-3)9-16-8-13/h4-9H,1-3H3. The molecule has 0 aliphatic heterocycles.